The van der Waals surface area contributed by atoms with Crippen molar-refractivity contribution in [3.63, 3.8) is 0 Å². The topological polar surface area (TPSA) is 130 Å². The highest BCUT2D eigenvalue weighted by Gasteiger charge is 2.22. The molecule has 1 rings (SSSR count). The summed E-state index contributed by atoms with van der Waals surface area (Å²) in [6.07, 6.45) is 1.47. The zero-order valence-corrected chi connectivity index (χ0v) is 11.4. The number of rotatable bonds is 8. The third-order valence-corrected chi connectivity index (χ3v) is 2.95. The van der Waals surface area contributed by atoms with Crippen LogP contribution in [0.15, 0.2) is 24.3 Å². The van der Waals surface area contributed by atoms with Gasteiger partial charge in [-0.25, -0.2) is 9.59 Å². The molecule has 5 N–H and O–H groups in total. The summed E-state index contributed by atoms with van der Waals surface area (Å²) in [7, 11) is 0. The third-order valence-electron chi connectivity index (χ3n) is 2.95. The number of hydrogen-bond acceptors (Lipinski definition) is 4. The lowest BCUT2D eigenvalue weighted by Gasteiger charge is -2.15. The zero-order chi connectivity index (χ0) is 15.8. The minimum atomic E-state index is -1.24. The number of carboxylic acids is 2. The van der Waals surface area contributed by atoms with Gasteiger partial charge in [-0.2, -0.15) is 0 Å². The number of nitrogens with one attached hydrogen (secondary N) is 1. The minimum Gasteiger partial charge on any atom is -0.480 e. The summed E-state index contributed by atoms with van der Waals surface area (Å²) in [5.74, 6) is -3.11. The van der Waals surface area contributed by atoms with Gasteiger partial charge in [0, 0.05) is 0 Å². The van der Waals surface area contributed by atoms with Crippen LogP contribution in [0.4, 0.5) is 0 Å². The van der Waals surface area contributed by atoms with E-state index in [9.17, 15) is 14.4 Å². The van der Waals surface area contributed by atoms with Crippen molar-refractivity contribution in [3.8, 4) is 0 Å². The van der Waals surface area contributed by atoms with E-state index >= 15 is 0 Å². The number of carbonyl (C=O) groups excluding carboxylic acids is 1. The van der Waals surface area contributed by atoms with Crippen molar-refractivity contribution in [3.05, 3.63) is 35.4 Å². The molecule has 114 valence electrons. The summed E-state index contributed by atoms with van der Waals surface area (Å²) in [5.41, 5.74) is 5.11. The molecule has 7 nitrogen and oxygen atoms in total. The van der Waals surface area contributed by atoms with Crippen molar-refractivity contribution in [2.75, 3.05) is 6.54 Å². The second-order valence-corrected chi connectivity index (χ2v) is 4.50. The van der Waals surface area contributed by atoms with E-state index in [4.69, 9.17) is 15.9 Å². The monoisotopic (exact) mass is 294 g/mol. The van der Waals surface area contributed by atoms with Crippen LogP contribution in [0.2, 0.25) is 0 Å². The molecule has 0 fully saturated rings. The maximum Gasteiger partial charge on any atom is 0.336 e. The molecule has 0 aliphatic carbocycles. The lowest BCUT2D eigenvalue weighted by atomic mass is 10.1. The van der Waals surface area contributed by atoms with Crippen LogP contribution in [0.3, 0.4) is 0 Å². The lowest BCUT2D eigenvalue weighted by Crippen LogP contribution is -2.41. The first-order valence-corrected chi connectivity index (χ1v) is 6.53. The summed E-state index contributed by atoms with van der Waals surface area (Å²) in [6.45, 7) is 0.447. The number of carbonyl (C=O) groups is 3. The SMILES string of the molecule is NCCCC[C@H](NC(=O)c1ccccc1C(=O)O)C(=O)O. The average Bonchev–Trinajstić information content (AvgIpc) is 2.46. The van der Waals surface area contributed by atoms with Crippen LogP contribution in [0.25, 0.3) is 0 Å². The molecule has 0 unspecified atom stereocenters. The van der Waals surface area contributed by atoms with Crippen molar-refractivity contribution in [2.24, 2.45) is 5.73 Å². The highest BCUT2D eigenvalue weighted by Crippen LogP contribution is 2.10. The van der Waals surface area contributed by atoms with Crippen LogP contribution in [-0.2, 0) is 4.79 Å². The standard InChI is InChI=1S/C14H18N2O5/c15-8-4-3-7-11(14(20)21)16-12(17)9-5-1-2-6-10(9)13(18)19/h1-2,5-6,11H,3-4,7-8,15H2,(H,16,17)(H,18,19)(H,20,21)/t11-/m0/s1. The maximum atomic E-state index is 12.1. The number of amides is 1. The van der Waals surface area contributed by atoms with E-state index < -0.39 is 23.9 Å². The average molecular weight is 294 g/mol. The Hall–Kier alpha value is -2.41. The van der Waals surface area contributed by atoms with Gasteiger partial charge in [0.1, 0.15) is 6.04 Å². The largest absolute Gasteiger partial charge is 0.480 e. The van der Waals surface area contributed by atoms with Gasteiger partial charge in [-0.05, 0) is 37.9 Å². The maximum absolute atomic E-state index is 12.1. The van der Waals surface area contributed by atoms with Gasteiger partial charge in [-0.3, -0.25) is 4.79 Å². The Morgan fingerprint density at radius 2 is 1.71 bits per heavy atom. The van der Waals surface area contributed by atoms with E-state index in [1.54, 1.807) is 0 Å². The summed E-state index contributed by atoms with van der Waals surface area (Å²) in [5, 5.41) is 20.4. The molecule has 0 bridgehead atoms. The van der Waals surface area contributed by atoms with Gasteiger partial charge >= 0.3 is 11.9 Å². The molecule has 1 aromatic rings. The smallest absolute Gasteiger partial charge is 0.336 e. The van der Waals surface area contributed by atoms with Gasteiger partial charge in [0.25, 0.3) is 5.91 Å². The first-order valence-electron chi connectivity index (χ1n) is 6.53. The van der Waals surface area contributed by atoms with Gasteiger partial charge in [-0.15, -0.1) is 0 Å². The van der Waals surface area contributed by atoms with Crippen LogP contribution >= 0.6 is 0 Å². The second-order valence-electron chi connectivity index (χ2n) is 4.50. The predicted octanol–water partition coefficient (Wildman–Crippen LogP) is 0.697. The van der Waals surface area contributed by atoms with Gasteiger partial charge in [0.2, 0.25) is 0 Å². The summed E-state index contributed by atoms with van der Waals surface area (Å²) in [4.78, 5) is 34.2. The predicted molar refractivity (Wildman–Crippen MR) is 75.2 cm³/mol. The van der Waals surface area contributed by atoms with Gasteiger partial charge < -0.3 is 21.3 Å². The van der Waals surface area contributed by atoms with Crippen LogP contribution in [0.5, 0.6) is 0 Å². The quantitative estimate of drug-likeness (QED) is 0.522. The molecular weight excluding hydrogens is 276 g/mol. The Balaban J connectivity index is 2.82. The molecule has 1 aromatic carbocycles. The van der Waals surface area contributed by atoms with Gasteiger partial charge in [0.05, 0.1) is 11.1 Å². The molecule has 0 saturated heterocycles. The van der Waals surface area contributed by atoms with Gasteiger partial charge in [-0.1, -0.05) is 12.1 Å². The summed E-state index contributed by atoms with van der Waals surface area (Å²) in [6, 6.07) is 4.59. The van der Waals surface area contributed by atoms with E-state index in [0.717, 1.165) is 0 Å². The van der Waals surface area contributed by atoms with Crippen molar-refractivity contribution < 1.29 is 24.6 Å². The molecule has 21 heavy (non-hydrogen) atoms. The van der Waals surface area contributed by atoms with Crippen LogP contribution in [0, 0.1) is 0 Å². The number of aromatic carboxylic acids is 1. The van der Waals surface area contributed by atoms with E-state index in [1.165, 1.54) is 24.3 Å². The van der Waals surface area contributed by atoms with Crippen LogP contribution in [-0.4, -0.2) is 40.6 Å². The Labute approximate surface area is 121 Å². The highest BCUT2D eigenvalue weighted by atomic mass is 16.4. The van der Waals surface area contributed by atoms with E-state index in [2.05, 4.69) is 5.32 Å². The molecule has 7 heteroatoms. The Bertz CT molecular complexity index is 530. The second kappa shape index (κ2) is 8.01. The molecule has 0 radical (unpaired) electrons. The molecule has 1 atom stereocenters. The Morgan fingerprint density at radius 1 is 1.10 bits per heavy atom. The summed E-state index contributed by atoms with van der Waals surface area (Å²) >= 11 is 0. The Morgan fingerprint density at radius 3 is 2.24 bits per heavy atom. The minimum absolute atomic E-state index is 0.0601. The molecule has 0 aliphatic rings. The molecule has 0 aromatic heterocycles. The van der Waals surface area contributed by atoms with E-state index in [0.29, 0.717) is 19.4 Å². The van der Waals surface area contributed by atoms with Crippen molar-refractivity contribution in [1.82, 2.24) is 5.32 Å². The van der Waals surface area contributed by atoms with Crippen molar-refractivity contribution >= 4 is 17.8 Å². The molecule has 0 spiro atoms. The number of nitrogens with two attached hydrogens (primary N) is 1. The lowest BCUT2D eigenvalue weighted by molar-refractivity contribution is -0.139. The van der Waals surface area contributed by atoms with Crippen molar-refractivity contribution in [1.29, 1.82) is 0 Å². The molecule has 0 saturated carbocycles. The molecule has 0 heterocycles. The van der Waals surface area contributed by atoms with Crippen molar-refractivity contribution in [2.45, 2.75) is 25.3 Å². The highest BCUT2D eigenvalue weighted by molar-refractivity contribution is 6.05. The fourth-order valence-electron chi connectivity index (χ4n) is 1.85. The van der Waals surface area contributed by atoms with Crippen LogP contribution < -0.4 is 11.1 Å². The first-order chi connectivity index (χ1) is 9.97. The number of aliphatic carboxylic acids is 1. The van der Waals surface area contributed by atoms with Crippen LogP contribution in [0.1, 0.15) is 40.0 Å². The zero-order valence-electron chi connectivity index (χ0n) is 11.4. The Kier molecular flexibility index (Phi) is 6.35. The number of hydrogen-bond donors (Lipinski definition) is 4. The fraction of sp³-hybridized carbons (Fsp3) is 0.357. The molecule has 0 aliphatic heterocycles. The molecular formula is C14H18N2O5. The fourth-order valence-corrected chi connectivity index (χ4v) is 1.85. The number of unbranched alkanes of at least 4 members (excludes halogenated alkanes) is 1. The number of carboxylic acid groups (broad SMARTS) is 2. The first kappa shape index (κ1) is 16.6. The van der Waals surface area contributed by atoms with E-state index in [1.807, 2.05) is 0 Å². The summed E-state index contributed by atoms with van der Waals surface area (Å²) < 4.78 is 0. The van der Waals surface area contributed by atoms with Gasteiger partial charge in [0.15, 0.2) is 0 Å². The molecule has 1 amide bonds. The number of benzene rings is 1. The third kappa shape index (κ3) is 4.88. The van der Waals surface area contributed by atoms with E-state index in [-0.39, 0.29) is 17.5 Å². The normalized spacial score (nSPS) is 11.7.